The van der Waals surface area contributed by atoms with Gasteiger partial charge in [0.25, 0.3) is 5.95 Å². The molecule has 0 radical (unpaired) electrons. The van der Waals surface area contributed by atoms with Crippen LogP contribution in [0.4, 0.5) is 5.95 Å². The number of likely N-dealkylation sites (N-methyl/N-ethyl adjacent to an activating group) is 2. The molecular formula is C15H29N5O. The Morgan fingerprint density at radius 2 is 1.95 bits per heavy atom. The second-order valence-electron chi connectivity index (χ2n) is 6.37. The molecule has 6 heteroatoms. The molecule has 1 unspecified atom stereocenters. The minimum Gasteiger partial charge on any atom is -0.337 e. The van der Waals surface area contributed by atoms with Gasteiger partial charge in [0.05, 0.1) is 0 Å². The first kappa shape index (κ1) is 16.2. The third-order valence-corrected chi connectivity index (χ3v) is 3.91. The first-order valence-electron chi connectivity index (χ1n) is 8.08. The van der Waals surface area contributed by atoms with E-state index in [-0.39, 0.29) is 0 Å². The van der Waals surface area contributed by atoms with Crippen LogP contribution < -0.4 is 10.2 Å². The van der Waals surface area contributed by atoms with E-state index in [0.717, 1.165) is 57.4 Å². The monoisotopic (exact) mass is 295 g/mol. The lowest BCUT2D eigenvalue weighted by Crippen LogP contribution is -2.44. The zero-order valence-corrected chi connectivity index (χ0v) is 13.8. The van der Waals surface area contributed by atoms with Crippen LogP contribution in [-0.2, 0) is 6.42 Å². The molecule has 6 nitrogen and oxygen atoms in total. The van der Waals surface area contributed by atoms with E-state index in [1.807, 2.05) is 0 Å². The molecule has 1 aromatic rings. The highest BCUT2D eigenvalue weighted by atomic mass is 16.5. The van der Waals surface area contributed by atoms with Crippen molar-refractivity contribution < 1.29 is 4.52 Å². The van der Waals surface area contributed by atoms with Gasteiger partial charge in [0.1, 0.15) is 0 Å². The lowest BCUT2D eigenvalue weighted by Gasteiger charge is -2.31. The number of anilines is 1. The van der Waals surface area contributed by atoms with Crippen LogP contribution in [-0.4, -0.2) is 60.9 Å². The third kappa shape index (κ3) is 4.97. The number of nitrogens with one attached hydrogen (secondary N) is 1. The van der Waals surface area contributed by atoms with E-state index in [9.17, 15) is 0 Å². The quantitative estimate of drug-likeness (QED) is 0.820. The summed E-state index contributed by atoms with van der Waals surface area (Å²) in [6, 6.07) is 0.413. The largest absolute Gasteiger partial charge is 0.337 e. The van der Waals surface area contributed by atoms with E-state index in [1.54, 1.807) is 0 Å². The Morgan fingerprint density at radius 1 is 1.24 bits per heavy atom. The van der Waals surface area contributed by atoms with Crippen molar-refractivity contribution in [1.29, 1.82) is 0 Å². The van der Waals surface area contributed by atoms with Crippen LogP contribution >= 0.6 is 0 Å². The van der Waals surface area contributed by atoms with Crippen LogP contribution in [0, 0.1) is 5.92 Å². The summed E-state index contributed by atoms with van der Waals surface area (Å²) in [6.45, 7) is 11.6. The molecule has 2 rings (SSSR count). The highest BCUT2D eigenvalue weighted by Gasteiger charge is 2.20. The summed E-state index contributed by atoms with van der Waals surface area (Å²) in [4.78, 5) is 9.10. The number of rotatable bonds is 7. The van der Waals surface area contributed by atoms with Gasteiger partial charge >= 0.3 is 0 Å². The van der Waals surface area contributed by atoms with E-state index < -0.39 is 0 Å². The van der Waals surface area contributed by atoms with Crippen LogP contribution in [0.1, 0.15) is 33.1 Å². The van der Waals surface area contributed by atoms with Gasteiger partial charge in [-0.05, 0) is 31.1 Å². The molecule has 0 bridgehead atoms. The predicted octanol–water partition coefficient (Wildman–Crippen LogP) is 1.39. The van der Waals surface area contributed by atoms with Crippen molar-refractivity contribution in [3.05, 3.63) is 5.89 Å². The standard InChI is InChI=1S/C15H29N5O/c1-5-16-13(10-12(2)3)11-14-17-15(18-21-14)20-8-6-19(4)7-9-20/h12-13,16H,5-11H2,1-4H3. The fourth-order valence-electron chi connectivity index (χ4n) is 2.77. The number of aromatic nitrogens is 2. The summed E-state index contributed by atoms with van der Waals surface area (Å²) in [5.74, 6) is 2.16. The normalized spacial score (nSPS) is 18.4. The second kappa shape index (κ2) is 7.75. The van der Waals surface area contributed by atoms with Gasteiger partial charge in [-0.25, -0.2) is 0 Å². The third-order valence-electron chi connectivity index (χ3n) is 3.91. The highest BCUT2D eigenvalue weighted by molar-refractivity contribution is 5.28. The first-order valence-corrected chi connectivity index (χ1v) is 8.08. The molecule has 1 atom stereocenters. The molecule has 1 fully saturated rings. The van der Waals surface area contributed by atoms with Crippen LogP contribution in [0.5, 0.6) is 0 Å². The van der Waals surface area contributed by atoms with Crippen molar-refractivity contribution in [2.24, 2.45) is 5.92 Å². The van der Waals surface area contributed by atoms with Gasteiger partial charge in [-0.15, -0.1) is 0 Å². The van der Waals surface area contributed by atoms with Crippen LogP contribution in [0.25, 0.3) is 0 Å². The molecule has 1 aliphatic heterocycles. The number of piperazine rings is 1. The maximum Gasteiger partial charge on any atom is 0.266 e. The Kier molecular flexibility index (Phi) is 5.99. The first-order chi connectivity index (χ1) is 10.1. The van der Waals surface area contributed by atoms with Gasteiger partial charge in [0.2, 0.25) is 5.89 Å². The van der Waals surface area contributed by atoms with Crippen LogP contribution in [0.15, 0.2) is 4.52 Å². The average Bonchev–Trinajstić information content (AvgIpc) is 2.87. The summed E-state index contributed by atoms with van der Waals surface area (Å²) in [7, 11) is 2.14. The molecule has 1 aromatic heterocycles. The molecule has 21 heavy (non-hydrogen) atoms. The van der Waals surface area contributed by atoms with Crippen molar-refractivity contribution in [2.75, 3.05) is 44.7 Å². The summed E-state index contributed by atoms with van der Waals surface area (Å²) in [5.41, 5.74) is 0. The average molecular weight is 295 g/mol. The lowest BCUT2D eigenvalue weighted by atomic mass is 10.0. The van der Waals surface area contributed by atoms with Crippen molar-refractivity contribution in [3.63, 3.8) is 0 Å². The maximum atomic E-state index is 5.45. The minimum absolute atomic E-state index is 0.413. The van der Waals surface area contributed by atoms with E-state index in [1.165, 1.54) is 0 Å². The molecule has 2 heterocycles. The van der Waals surface area contributed by atoms with Crippen LogP contribution in [0.3, 0.4) is 0 Å². The van der Waals surface area contributed by atoms with E-state index >= 15 is 0 Å². The summed E-state index contributed by atoms with van der Waals surface area (Å²) >= 11 is 0. The Hall–Kier alpha value is -1.14. The van der Waals surface area contributed by atoms with Gasteiger partial charge in [-0.3, -0.25) is 0 Å². The van der Waals surface area contributed by atoms with Crippen molar-refractivity contribution >= 4 is 5.95 Å². The fourth-order valence-corrected chi connectivity index (χ4v) is 2.77. The zero-order chi connectivity index (χ0) is 15.2. The molecule has 1 N–H and O–H groups in total. The van der Waals surface area contributed by atoms with Gasteiger partial charge in [-0.2, -0.15) is 4.98 Å². The summed E-state index contributed by atoms with van der Waals surface area (Å²) < 4.78 is 5.45. The Balaban J connectivity index is 1.92. The summed E-state index contributed by atoms with van der Waals surface area (Å²) in [6.07, 6.45) is 1.94. The molecular weight excluding hydrogens is 266 g/mol. The molecule has 120 valence electrons. The van der Waals surface area contributed by atoms with Crippen molar-refractivity contribution in [1.82, 2.24) is 20.4 Å². The van der Waals surface area contributed by atoms with Gasteiger partial charge < -0.3 is 19.6 Å². The minimum atomic E-state index is 0.413. The van der Waals surface area contributed by atoms with E-state index in [0.29, 0.717) is 12.0 Å². The molecule has 0 spiro atoms. The van der Waals surface area contributed by atoms with Gasteiger partial charge in [0.15, 0.2) is 0 Å². The van der Waals surface area contributed by atoms with Crippen molar-refractivity contribution in [3.8, 4) is 0 Å². The topological polar surface area (TPSA) is 57.4 Å². The lowest BCUT2D eigenvalue weighted by molar-refractivity contribution is 0.307. The number of hydrogen-bond acceptors (Lipinski definition) is 6. The Morgan fingerprint density at radius 3 is 2.57 bits per heavy atom. The molecule has 0 aromatic carbocycles. The zero-order valence-electron chi connectivity index (χ0n) is 13.8. The maximum absolute atomic E-state index is 5.45. The Bertz CT molecular complexity index is 412. The predicted molar refractivity (Wildman–Crippen MR) is 84.6 cm³/mol. The number of nitrogens with zero attached hydrogens (tertiary/aromatic N) is 4. The van der Waals surface area contributed by atoms with Gasteiger partial charge in [0, 0.05) is 38.6 Å². The number of hydrogen-bond donors (Lipinski definition) is 1. The van der Waals surface area contributed by atoms with Crippen molar-refractivity contribution in [2.45, 2.75) is 39.7 Å². The fraction of sp³-hybridized carbons (Fsp3) is 0.867. The SMILES string of the molecule is CCNC(Cc1nc(N2CCN(C)CC2)no1)CC(C)C. The molecule has 1 aliphatic rings. The summed E-state index contributed by atoms with van der Waals surface area (Å²) in [5, 5.41) is 7.66. The molecule has 0 amide bonds. The molecule has 0 saturated carbocycles. The molecule has 1 saturated heterocycles. The van der Waals surface area contributed by atoms with E-state index in [4.69, 9.17) is 4.52 Å². The second-order valence-corrected chi connectivity index (χ2v) is 6.37. The Labute approximate surface area is 127 Å². The smallest absolute Gasteiger partial charge is 0.266 e. The molecule has 0 aliphatic carbocycles. The van der Waals surface area contributed by atoms with Gasteiger partial charge in [-0.1, -0.05) is 20.8 Å². The highest BCUT2D eigenvalue weighted by Crippen LogP contribution is 2.15. The van der Waals surface area contributed by atoms with E-state index in [2.05, 4.69) is 53.1 Å². The van der Waals surface area contributed by atoms with Crippen LogP contribution in [0.2, 0.25) is 0 Å².